The molecule has 0 amide bonds. The van der Waals surface area contributed by atoms with Gasteiger partial charge in [0.15, 0.2) is 0 Å². The Labute approximate surface area is 93.4 Å². The van der Waals surface area contributed by atoms with Gasteiger partial charge < -0.3 is 4.98 Å². The Morgan fingerprint density at radius 2 is 2.23 bits per heavy atom. The predicted molar refractivity (Wildman–Crippen MR) is 58.4 cm³/mol. The smallest absolute Gasteiger partial charge is 0.122 e. The van der Waals surface area contributed by atoms with Crippen LogP contribution < -0.4 is 0 Å². The van der Waals surface area contributed by atoms with Gasteiger partial charge in [0.1, 0.15) is 11.3 Å². The van der Waals surface area contributed by atoms with Gasteiger partial charge in [0.2, 0.25) is 0 Å². The Balaban J connectivity index is 2.75. The van der Waals surface area contributed by atoms with E-state index >= 15 is 0 Å². The third kappa shape index (κ3) is 1.68. The summed E-state index contributed by atoms with van der Waals surface area (Å²) >= 11 is 14.9. The lowest BCUT2D eigenvalue weighted by Crippen LogP contribution is -1.77. The number of rotatable bonds is 1. The molecule has 1 aromatic heterocycles. The van der Waals surface area contributed by atoms with Gasteiger partial charge in [-0.2, -0.15) is 0 Å². The first-order chi connectivity index (χ1) is 6.20. The minimum Gasteiger partial charge on any atom is -0.341 e. The largest absolute Gasteiger partial charge is 0.341 e. The summed E-state index contributed by atoms with van der Waals surface area (Å²) in [7, 11) is 0. The molecule has 13 heavy (non-hydrogen) atoms. The SMILES string of the molecule is ClCc1nc2c(Br)cc(Cl)cc2[nH]1. The van der Waals surface area contributed by atoms with E-state index in [2.05, 4.69) is 25.9 Å². The lowest BCUT2D eigenvalue weighted by molar-refractivity contribution is 1.13. The quantitative estimate of drug-likeness (QED) is 0.792. The Bertz CT molecular complexity index is 453. The maximum Gasteiger partial charge on any atom is 0.122 e. The number of aromatic nitrogens is 2. The number of alkyl halides is 1. The van der Waals surface area contributed by atoms with Gasteiger partial charge in [0, 0.05) is 9.50 Å². The highest BCUT2D eigenvalue weighted by Crippen LogP contribution is 2.26. The number of halogens is 3. The van der Waals surface area contributed by atoms with Gasteiger partial charge in [-0.15, -0.1) is 11.6 Å². The number of hydrogen-bond acceptors (Lipinski definition) is 1. The van der Waals surface area contributed by atoms with Gasteiger partial charge in [-0.25, -0.2) is 4.98 Å². The summed E-state index contributed by atoms with van der Waals surface area (Å²) in [5.41, 5.74) is 1.76. The molecule has 0 spiro atoms. The van der Waals surface area contributed by atoms with Crippen molar-refractivity contribution in [3.05, 3.63) is 27.5 Å². The molecule has 0 atom stereocenters. The Morgan fingerprint density at radius 3 is 2.92 bits per heavy atom. The molecular formula is C8H5BrCl2N2. The zero-order valence-electron chi connectivity index (χ0n) is 6.44. The van der Waals surface area contributed by atoms with Crippen molar-refractivity contribution in [2.75, 3.05) is 0 Å². The standard InChI is InChI=1S/C8H5BrCl2N2/c9-5-1-4(11)2-6-8(5)13-7(3-10)12-6/h1-2H,3H2,(H,12,13). The van der Waals surface area contributed by atoms with E-state index in [0.717, 1.165) is 21.3 Å². The van der Waals surface area contributed by atoms with E-state index in [0.29, 0.717) is 10.9 Å². The van der Waals surface area contributed by atoms with Crippen molar-refractivity contribution in [3.8, 4) is 0 Å². The zero-order chi connectivity index (χ0) is 9.42. The summed E-state index contributed by atoms with van der Waals surface area (Å²) in [6, 6.07) is 3.63. The number of hydrogen-bond donors (Lipinski definition) is 1. The molecule has 0 unspecified atom stereocenters. The molecule has 0 saturated carbocycles. The minimum atomic E-state index is 0.374. The van der Waals surface area contributed by atoms with E-state index in [9.17, 15) is 0 Å². The van der Waals surface area contributed by atoms with E-state index in [4.69, 9.17) is 23.2 Å². The van der Waals surface area contributed by atoms with Crippen LogP contribution in [0.5, 0.6) is 0 Å². The maximum absolute atomic E-state index is 5.87. The Kier molecular flexibility index (Phi) is 2.49. The minimum absolute atomic E-state index is 0.374. The summed E-state index contributed by atoms with van der Waals surface area (Å²) in [6.07, 6.45) is 0. The van der Waals surface area contributed by atoms with Crippen LogP contribution in [0.4, 0.5) is 0 Å². The van der Waals surface area contributed by atoms with E-state index in [1.54, 1.807) is 0 Å². The van der Waals surface area contributed by atoms with Crippen LogP contribution in [0.1, 0.15) is 5.82 Å². The van der Waals surface area contributed by atoms with Gasteiger partial charge in [0.05, 0.1) is 11.4 Å². The average Bonchev–Trinajstić information content (AvgIpc) is 2.47. The van der Waals surface area contributed by atoms with Crippen LogP contribution in [0.3, 0.4) is 0 Å². The third-order valence-electron chi connectivity index (χ3n) is 1.68. The van der Waals surface area contributed by atoms with Crippen molar-refractivity contribution in [2.45, 2.75) is 5.88 Å². The maximum atomic E-state index is 5.87. The second kappa shape index (κ2) is 3.48. The summed E-state index contributed by atoms with van der Waals surface area (Å²) in [5.74, 6) is 1.12. The molecule has 0 aliphatic carbocycles. The summed E-state index contributed by atoms with van der Waals surface area (Å²) < 4.78 is 0.877. The molecule has 5 heteroatoms. The first-order valence-corrected chi connectivity index (χ1v) is 5.31. The van der Waals surface area contributed by atoms with Crippen molar-refractivity contribution in [2.24, 2.45) is 0 Å². The molecule has 1 heterocycles. The van der Waals surface area contributed by atoms with Crippen molar-refractivity contribution >= 4 is 50.2 Å². The lowest BCUT2D eigenvalue weighted by atomic mass is 10.3. The second-order valence-electron chi connectivity index (χ2n) is 2.60. The summed E-state index contributed by atoms with van der Waals surface area (Å²) in [6.45, 7) is 0. The lowest BCUT2D eigenvalue weighted by Gasteiger charge is -1.92. The molecule has 0 fully saturated rings. The zero-order valence-corrected chi connectivity index (χ0v) is 9.54. The average molecular weight is 280 g/mol. The molecule has 2 nitrogen and oxygen atoms in total. The van der Waals surface area contributed by atoms with Gasteiger partial charge in [0.25, 0.3) is 0 Å². The number of fused-ring (bicyclic) bond motifs is 1. The monoisotopic (exact) mass is 278 g/mol. The third-order valence-corrected chi connectivity index (χ3v) is 2.76. The van der Waals surface area contributed by atoms with Crippen molar-refractivity contribution < 1.29 is 0 Å². The molecule has 2 aromatic rings. The molecule has 0 saturated heterocycles. The van der Waals surface area contributed by atoms with Gasteiger partial charge in [-0.05, 0) is 28.1 Å². The molecule has 1 aromatic carbocycles. The normalized spacial score (nSPS) is 11.0. The molecule has 2 rings (SSSR count). The molecule has 0 aliphatic heterocycles. The number of nitrogens with zero attached hydrogens (tertiary/aromatic N) is 1. The topological polar surface area (TPSA) is 28.7 Å². The number of benzene rings is 1. The summed E-state index contributed by atoms with van der Waals surface area (Å²) in [5, 5.41) is 0.671. The molecule has 68 valence electrons. The van der Waals surface area contributed by atoms with Crippen LogP contribution in [0, 0.1) is 0 Å². The molecule has 0 bridgehead atoms. The molecule has 1 N–H and O–H groups in total. The second-order valence-corrected chi connectivity index (χ2v) is 4.16. The van der Waals surface area contributed by atoms with Gasteiger partial charge in [-0.1, -0.05) is 11.6 Å². The van der Waals surface area contributed by atoms with Crippen LogP contribution in [0.25, 0.3) is 11.0 Å². The van der Waals surface area contributed by atoms with E-state index in [1.165, 1.54) is 0 Å². The van der Waals surface area contributed by atoms with Gasteiger partial charge in [-0.3, -0.25) is 0 Å². The van der Waals surface area contributed by atoms with Crippen molar-refractivity contribution in [3.63, 3.8) is 0 Å². The predicted octanol–water partition coefficient (Wildman–Crippen LogP) is 3.72. The number of H-pyrrole nitrogens is 1. The number of imidazole rings is 1. The highest BCUT2D eigenvalue weighted by atomic mass is 79.9. The molecule has 0 aliphatic rings. The fourth-order valence-corrected chi connectivity index (χ4v) is 2.18. The van der Waals surface area contributed by atoms with Crippen LogP contribution in [0.15, 0.2) is 16.6 Å². The fraction of sp³-hybridized carbons (Fsp3) is 0.125. The van der Waals surface area contributed by atoms with Gasteiger partial charge >= 0.3 is 0 Å². The Morgan fingerprint density at radius 1 is 1.46 bits per heavy atom. The first kappa shape index (κ1) is 9.31. The molecular weight excluding hydrogens is 275 g/mol. The van der Waals surface area contributed by atoms with Crippen LogP contribution >= 0.6 is 39.1 Å². The first-order valence-electron chi connectivity index (χ1n) is 3.60. The Hall–Kier alpha value is -0.250. The highest BCUT2D eigenvalue weighted by Gasteiger charge is 2.06. The van der Waals surface area contributed by atoms with E-state index in [1.807, 2.05) is 12.1 Å². The highest BCUT2D eigenvalue weighted by molar-refractivity contribution is 9.10. The van der Waals surface area contributed by atoms with Crippen LogP contribution in [-0.2, 0) is 5.88 Å². The number of aromatic amines is 1. The van der Waals surface area contributed by atoms with Crippen LogP contribution in [0.2, 0.25) is 5.02 Å². The fourth-order valence-electron chi connectivity index (χ4n) is 1.16. The molecule has 0 radical (unpaired) electrons. The van der Waals surface area contributed by atoms with Crippen molar-refractivity contribution in [1.82, 2.24) is 9.97 Å². The summed E-state index contributed by atoms with van der Waals surface area (Å²) in [4.78, 5) is 7.35. The van der Waals surface area contributed by atoms with E-state index in [-0.39, 0.29) is 0 Å². The van der Waals surface area contributed by atoms with E-state index < -0.39 is 0 Å². The number of nitrogens with one attached hydrogen (secondary N) is 1. The van der Waals surface area contributed by atoms with Crippen molar-refractivity contribution in [1.29, 1.82) is 0 Å². The van der Waals surface area contributed by atoms with Crippen LogP contribution in [-0.4, -0.2) is 9.97 Å².